The third-order valence-electron chi connectivity index (χ3n) is 2.74. The maximum atomic E-state index is 11.9. The van der Waals surface area contributed by atoms with Gasteiger partial charge in [-0.2, -0.15) is 4.68 Å². The van der Waals surface area contributed by atoms with E-state index in [1.165, 1.54) is 6.26 Å². The van der Waals surface area contributed by atoms with Gasteiger partial charge >= 0.3 is 5.76 Å². The van der Waals surface area contributed by atoms with Gasteiger partial charge in [0.15, 0.2) is 5.76 Å². The van der Waals surface area contributed by atoms with Crippen molar-refractivity contribution in [2.45, 2.75) is 6.54 Å². The van der Waals surface area contributed by atoms with E-state index in [1.807, 2.05) is 0 Å². The fourth-order valence-corrected chi connectivity index (χ4v) is 2.00. The molecule has 22 heavy (non-hydrogen) atoms. The lowest BCUT2D eigenvalue weighted by Crippen LogP contribution is -2.25. The Hall–Kier alpha value is -2.80. The second kappa shape index (κ2) is 5.90. The third kappa shape index (κ3) is 3.09. The normalized spacial score (nSPS) is 10.6. The molecule has 1 amide bonds. The first-order valence-corrected chi connectivity index (χ1v) is 6.67. The van der Waals surface area contributed by atoms with Crippen LogP contribution in [-0.2, 0) is 11.3 Å². The van der Waals surface area contributed by atoms with Crippen molar-refractivity contribution in [2.24, 2.45) is 0 Å². The molecule has 8 heteroatoms. The van der Waals surface area contributed by atoms with Crippen molar-refractivity contribution in [3.05, 3.63) is 58.2 Å². The highest BCUT2D eigenvalue weighted by atomic mass is 35.5. The minimum Gasteiger partial charge on any atom is -0.459 e. The Morgan fingerprint density at radius 2 is 2.18 bits per heavy atom. The second-order valence-electron chi connectivity index (χ2n) is 4.37. The van der Waals surface area contributed by atoms with Gasteiger partial charge in [-0.05, 0) is 30.3 Å². The molecule has 0 unspecified atom stereocenters. The second-order valence-corrected chi connectivity index (χ2v) is 4.80. The number of amides is 1. The van der Waals surface area contributed by atoms with Crippen LogP contribution in [0.1, 0.15) is 0 Å². The van der Waals surface area contributed by atoms with E-state index in [2.05, 4.69) is 10.4 Å². The molecule has 0 spiro atoms. The molecule has 0 fully saturated rings. The van der Waals surface area contributed by atoms with Gasteiger partial charge in [-0.25, -0.2) is 4.79 Å². The average molecular weight is 320 g/mol. The van der Waals surface area contributed by atoms with Gasteiger partial charge in [0.05, 0.1) is 6.26 Å². The van der Waals surface area contributed by atoms with Crippen LogP contribution in [-0.4, -0.2) is 15.7 Å². The first-order chi connectivity index (χ1) is 10.6. The summed E-state index contributed by atoms with van der Waals surface area (Å²) in [7, 11) is 0. The molecular formula is C14H10ClN3O4. The summed E-state index contributed by atoms with van der Waals surface area (Å²) < 4.78 is 10.9. The number of halogens is 1. The molecule has 0 aliphatic rings. The number of benzene rings is 1. The molecule has 0 bridgehead atoms. The zero-order chi connectivity index (χ0) is 15.5. The molecule has 7 nitrogen and oxygen atoms in total. The number of nitrogens with one attached hydrogen (secondary N) is 1. The molecule has 1 N–H and O–H groups in total. The number of furan rings is 1. The number of rotatable bonds is 4. The molecule has 112 valence electrons. The zero-order valence-corrected chi connectivity index (χ0v) is 11.9. The summed E-state index contributed by atoms with van der Waals surface area (Å²) in [6.45, 7) is -0.282. The summed E-state index contributed by atoms with van der Waals surface area (Å²) in [4.78, 5) is 23.6. The summed E-state index contributed by atoms with van der Waals surface area (Å²) in [5.41, 5.74) is 0.528. The van der Waals surface area contributed by atoms with Crippen LogP contribution in [0, 0.1) is 0 Å². The highest BCUT2D eigenvalue weighted by Crippen LogP contribution is 2.16. The average Bonchev–Trinajstić information content (AvgIpc) is 3.09. The van der Waals surface area contributed by atoms with Gasteiger partial charge in [-0.3, -0.25) is 4.79 Å². The lowest BCUT2D eigenvalue weighted by Gasteiger charge is -2.04. The van der Waals surface area contributed by atoms with Crippen LogP contribution in [0.15, 0.2) is 56.3 Å². The monoisotopic (exact) mass is 319 g/mol. The molecule has 0 saturated carbocycles. The van der Waals surface area contributed by atoms with E-state index < -0.39 is 11.7 Å². The number of hydrogen-bond acceptors (Lipinski definition) is 5. The number of anilines is 1. The fraction of sp³-hybridized carbons (Fsp3) is 0.0714. The lowest BCUT2D eigenvalue weighted by atomic mass is 10.3. The molecule has 2 aromatic heterocycles. The molecule has 0 aliphatic heterocycles. The van der Waals surface area contributed by atoms with E-state index in [9.17, 15) is 9.59 Å². The smallest absolute Gasteiger partial charge is 0.437 e. The van der Waals surface area contributed by atoms with E-state index >= 15 is 0 Å². The predicted molar refractivity (Wildman–Crippen MR) is 78.5 cm³/mol. The minimum absolute atomic E-state index is 0.0190. The Morgan fingerprint density at radius 1 is 1.32 bits per heavy atom. The van der Waals surface area contributed by atoms with Crippen molar-refractivity contribution in [3.63, 3.8) is 0 Å². The van der Waals surface area contributed by atoms with Crippen molar-refractivity contribution in [3.8, 4) is 11.7 Å². The molecule has 0 saturated heterocycles. The van der Waals surface area contributed by atoms with E-state index in [0.717, 1.165) is 4.68 Å². The summed E-state index contributed by atoms with van der Waals surface area (Å²) in [6, 6.07) is 9.91. The molecule has 0 aliphatic carbocycles. The molecule has 3 aromatic rings. The summed E-state index contributed by atoms with van der Waals surface area (Å²) in [6.07, 6.45) is 1.43. The van der Waals surface area contributed by atoms with Crippen LogP contribution in [0.5, 0.6) is 0 Å². The van der Waals surface area contributed by atoms with Gasteiger partial charge in [0.2, 0.25) is 5.91 Å². The van der Waals surface area contributed by atoms with Crippen LogP contribution in [0.4, 0.5) is 5.69 Å². The molecule has 2 heterocycles. The maximum Gasteiger partial charge on any atom is 0.437 e. The van der Waals surface area contributed by atoms with E-state index in [-0.39, 0.29) is 12.4 Å². The largest absolute Gasteiger partial charge is 0.459 e. The zero-order valence-electron chi connectivity index (χ0n) is 11.2. The van der Waals surface area contributed by atoms with Crippen molar-refractivity contribution < 1.29 is 13.6 Å². The van der Waals surface area contributed by atoms with Crippen LogP contribution in [0.25, 0.3) is 11.7 Å². The topological polar surface area (TPSA) is 90.3 Å². The van der Waals surface area contributed by atoms with Gasteiger partial charge in [-0.1, -0.05) is 17.7 Å². The van der Waals surface area contributed by atoms with Crippen molar-refractivity contribution in [1.82, 2.24) is 9.78 Å². The van der Waals surface area contributed by atoms with Crippen LogP contribution >= 0.6 is 11.6 Å². The van der Waals surface area contributed by atoms with Crippen molar-refractivity contribution >= 4 is 23.2 Å². The van der Waals surface area contributed by atoms with E-state index in [0.29, 0.717) is 16.5 Å². The third-order valence-corrected chi connectivity index (χ3v) is 2.98. The molecule has 0 radical (unpaired) electrons. The maximum absolute atomic E-state index is 11.9. The fourth-order valence-electron chi connectivity index (χ4n) is 1.81. The molecule has 1 aromatic carbocycles. The number of hydrogen-bond donors (Lipinski definition) is 1. The molecule has 3 rings (SSSR count). The van der Waals surface area contributed by atoms with Gasteiger partial charge in [0.25, 0.3) is 5.89 Å². The van der Waals surface area contributed by atoms with E-state index in [4.69, 9.17) is 20.4 Å². The van der Waals surface area contributed by atoms with Gasteiger partial charge in [-0.15, -0.1) is 5.10 Å². The van der Waals surface area contributed by atoms with Gasteiger partial charge in [0, 0.05) is 10.7 Å². The van der Waals surface area contributed by atoms with Crippen molar-refractivity contribution in [2.75, 3.05) is 5.32 Å². The summed E-state index contributed by atoms with van der Waals surface area (Å²) >= 11 is 5.83. The number of aromatic nitrogens is 2. The highest BCUT2D eigenvalue weighted by molar-refractivity contribution is 6.30. The van der Waals surface area contributed by atoms with Crippen LogP contribution in [0.3, 0.4) is 0 Å². The van der Waals surface area contributed by atoms with Gasteiger partial charge in [0.1, 0.15) is 6.54 Å². The Labute approximate surface area is 129 Å². The number of carbonyl (C=O) groups is 1. The molecular weight excluding hydrogens is 310 g/mol. The van der Waals surface area contributed by atoms with Gasteiger partial charge < -0.3 is 14.2 Å². The van der Waals surface area contributed by atoms with Crippen molar-refractivity contribution in [1.29, 1.82) is 0 Å². The van der Waals surface area contributed by atoms with Crippen LogP contribution in [0.2, 0.25) is 5.02 Å². The quantitative estimate of drug-likeness (QED) is 0.797. The lowest BCUT2D eigenvalue weighted by molar-refractivity contribution is -0.117. The summed E-state index contributed by atoms with van der Waals surface area (Å²) in [5, 5.41) is 7.02. The number of nitrogens with zero attached hydrogens (tertiary/aromatic N) is 2. The first-order valence-electron chi connectivity index (χ1n) is 6.29. The Balaban J connectivity index is 1.73. The van der Waals surface area contributed by atoms with E-state index in [1.54, 1.807) is 36.4 Å². The summed E-state index contributed by atoms with van der Waals surface area (Å²) in [5.74, 6) is -0.840. The highest BCUT2D eigenvalue weighted by Gasteiger charge is 2.15. The standard InChI is InChI=1S/C14H10ClN3O4/c15-9-3-1-4-10(7-9)16-12(19)8-18-14(20)22-13(17-18)11-5-2-6-21-11/h1-7H,8H2,(H,16,19). The predicted octanol–water partition coefficient (Wildman–Crippen LogP) is 2.39. The minimum atomic E-state index is -0.743. The Bertz CT molecular complexity index is 851. The Kier molecular flexibility index (Phi) is 3.80. The first kappa shape index (κ1) is 14.2. The Morgan fingerprint density at radius 3 is 2.91 bits per heavy atom. The van der Waals surface area contributed by atoms with Crippen LogP contribution < -0.4 is 11.1 Å². The SMILES string of the molecule is O=C(Cn1nc(-c2ccco2)oc1=O)Nc1cccc(Cl)c1. The molecule has 0 atom stereocenters. The number of carbonyl (C=O) groups excluding carboxylic acids is 1.